The van der Waals surface area contributed by atoms with E-state index in [1.54, 1.807) is 0 Å². The highest BCUT2D eigenvalue weighted by atomic mass is 16.4. The van der Waals surface area contributed by atoms with Crippen molar-refractivity contribution in [3.05, 3.63) is 11.9 Å². The number of hydrogen-bond donors (Lipinski definition) is 2. The topological polar surface area (TPSA) is 97.1 Å². The van der Waals surface area contributed by atoms with Gasteiger partial charge >= 0.3 is 5.97 Å². The maximum atomic E-state index is 11.9. The first-order chi connectivity index (χ1) is 9.45. The molecular weight excluding hydrogens is 260 g/mol. The molecule has 1 amide bonds. The van der Waals surface area contributed by atoms with E-state index in [0.29, 0.717) is 11.8 Å². The van der Waals surface area contributed by atoms with Gasteiger partial charge in [0.25, 0.3) is 0 Å². The van der Waals surface area contributed by atoms with Gasteiger partial charge in [-0.1, -0.05) is 19.1 Å². The molecule has 3 atom stereocenters. The van der Waals surface area contributed by atoms with Crippen LogP contribution in [0.25, 0.3) is 0 Å². The Morgan fingerprint density at radius 1 is 1.45 bits per heavy atom. The molecule has 7 heteroatoms. The number of amides is 1. The van der Waals surface area contributed by atoms with Crippen molar-refractivity contribution in [2.24, 2.45) is 11.8 Å². The number of carboxylic acid groups (broad SMARTS) is 1. The van der Waals surface area contributed by atoms with Gasteiger partial charge < -0.3 is 10.4 Å². The van der Waals surface area contributed by atoms with Crippen molar-refractivity contribution in [1.82, 2.24) is 20.3 Å². The maximum absolute atomic E-state index is 11.9. The highest BCUT2D eigenvalue weighted by Crippen LogP contribution is 2.28. The lowest BCUT2D eigenvalue weighted by Gasteiger charge is -2.33. The van der Waals surface area contributed by atoms with E-state index in [2.05, 4.69) is 29.5 Å². The van der Waals surface area contributed by atoms with Gasteiger partial charge in [-0.15, -0.1) is 5.10 Å². The Labute approximate surface area is 117 Å². The van der Waals surface area contributed by atoms with Gasteiger partial charge in [0, 0.05) is 6.04 Å². The number of hydrogen-bond acceptors (Lipinski definition) is 4. The molecule has 3 unspecified atom stereocenters. The van der Waals surface area contributed by atoms with E-state index in [1.807, 2.05) is 0 Å². The molecule has 1 aromatic heterocycles. The van der Waals surface area contributed by atoms with Gasteiger partial charge in [0.2, 0.25) is 5.91 Å². The van der Waals surface area contributed by atoms with Crippen molar-refractivity contribution in [1.29, 1.82) is 0 Å². The van der Waals surface area contributed by atoms with Crippen LogP contribution in [0.3, 0.4) is 0 Å². The van der Waals surface area contributed by atoms with E-state index in [4.69, 9.17) is 5.11 Å². The number of aromatic carboxylic acids is 1. The molecule has 0 aliphatic heterocycles. The molecule has 0 radical (unpaired) electrons. The van der Waals surface area contributed by atoms with Gasteiger partial charge in [-0.2, -0.15) is 0 Å². The Kier molecular flexibility index (Phi) is 4.36. The van der Waals surface area contributed by atoms with E-state index < -0.39 is 5.97 Å². The van der Waals surface area contributed by atoms with Gasteiger partial charge in [-0.05, 0) is 31.1 Å². The Hall–Kier alpha value is -1.92. The van der Waals surface area contributed by atoms with E-state index >= 15 is 0 Å². The fraction of sp³-hybridized carbons (Fsp3) is 0.692. The summed E-state index contributed by atoms with van der Waals surface area (Å²) in [6.07, 6.45) is 4.50. The second-order valence-electron chi connectivity index (χ2n) is 5.68. The molecule has 1 aliphatic rings. The van der Waals surface area contributed by atoms with E-state index in [-0.39, 0.29) is 24.2 Å². The Balaban J connectivity index is 1.87. The SMILES string of the molecule is CC1CCC(NC(=O)Cn2cc(C(=O)O)nn2)C(C)C1. The summed E-state index contributed by atoms with van der Waals surface area (Å²) in [6.45, 7) is 4.38. The first-order valence-electron chi connectivity index (χ1n) is 6.88. The van der Waals surface area contributed by atoms with Crippen LogP contribution in [0.5, 0.6) is 0 Å². The van der Waals surface area contributed by atoms with Crippen LogP contribution in [0, 0.1) is 11.8 Å². The molecule has 7 nitrogen and oxygen atoms in total. The van der Waals surface area contributed by atoms with Crippen LogP contribution >= 0.6 is 0 Å². The molecule has 0 saturated heterocycles. The highest BCUT2D eigenvalue weighted by Gasteiger charge is 2.26. The summed E-state index contributed by atoms with van der Waals surface area (Å²) in [7, 11) is 0. The highest BCUT2D eigenvalue weighted by molar-refractivity contribution is 5.84. The summed E-state index contributed by atoms with van der Waals surface area (Å²) in [5.74, 6) is -0.121. The van der Waals surface area contributed by atoms with E-state index in [1.165, 1.54) is 10.9 Å². The van der Waals surface area contributed by atoms with Gasteiger partial charge in [0.05, 0.1) is 6.20 Å². The number of aromatic nitrogens is 3. The molecule has 0 aromatic carbocycles. The molecular formula is C13H20N4O3. The number of rotatable bonds is 4. The van der Waals surface area contributed by atoms with Crippen LogP contribution in [0.4, 0.5) is 0 Å². The molecule has 0 spiro atoms. The third-order valence-electron chi connectivity index (χ3n) is 3.84. The summed E-state index contributed by atoms with van der Waals surface area (Å²) in [5.41, 5.74) is -0.155. The van der Waals surface area contributed by atoms with Crippen LogP contribution < -0.4 is 5.32 Å². The van der Waals surface area contributed by atoms with Gasteiger partial charge in [-0.25, -0.2) is 9.48 Å². The van der Waals surface area contributed by atoms with Gasteiger partial charge in [0.1, 0.15) is 6.54 Å². The number of carbonyl (C=O) groups is 2. The Bertz CT molecular complexity index is 500. The van der Waals surface area contributed by atoms with Crippen molar-refractivity contribution in [2.45, 2.75) is 45.7 Å². The van der Waals surface area contributed by atoms with Crippen molar-refractivity contribution in [3.8, 4) is 0 Å². The third-order valence-corrected chi connectivity index (χ3v) is 3.84. The zero-order chi connectivity index (χ0) is 14.7. The van der Waals surface area contributed by atoms with Crippen LogP contribution in [-0.2, 0) is 11.3 Å². The first-order valence-corrected chi connectivity index (χ1v) is 6.88. The minimum atomic E-state index is -1.15. The molecule has 2 rings (SSSR count). The number of nitrogens with zero attached hydrogens (tertiary/aromatic N) is 3. The van der Waals surface area contributed by atoms with Gasteiger partial charge in [-0.3, -0.25) is 4.79 Å². The summed E-state index contributed by atoms with van der Waals surface area (Å²) in [5, 5.41) is 18.8. The molecule has 0 bridgehead atoms. The normalized spacial score (nSPS) is 26.2. The summed E-state index contributed by atoms with van der Waals surface area (Å²) in [4.78, 5) is 22.6. The molecule has 110 valence electrons. The monoisotopic (exact) mass is 280 g/mol. The van der Waals surface area contributed by atoms with Crippen LogP contribution in [0.2, 0.25) is 0 Å². The summed E-state index contributed by atoms with van der Waals surface area (Å²) < 4.78 is 1.24. The molecule has 1 fully saturated rings. The lowest BCUT2D eigenvalue weighted by Crippen LogP contribution is -2.43. The number of nitrogens with one attached hydrogen (secondary N) is 1. The predicted molar refractivity (Wildman–Crippen MR) is 71.1 cm³/mol. The van der Waals surface area contributed by atoms with Crippen LogP contribution in [0.15, 0.2) is 6.20 Å². The lowest BCUT2D eigenvalue weighted by atomic mass is 9.80. The zero-order valence-corrected chi connectivity index (χ0v) is 11.7. The fourth-order valence-electron chi connectivity index (χ4n) is 2.75. The molecule has 1 aliphatic carbocycles. The summed E-state index contributed by atoms with van der Waals surface area (Å²) >= 11 is 0. The molecule has 20 heavy (non-hydrogen) atoms. The van der Waals surface area contributed by atoms with E-state index in [9.17, 15) is 9.59 Å². The third kappa shape index (κ3) is 3.55. The van der Waals surface area contributed by atoms with Crippen molar-refractivity contribution in [2.75, 3.05) is 0 Å². The van der Waals surface area contributed by atoms with Crippen molar-refractivity contribution >= 4 is 11.9 Å². The number of carbonyl (C=O) groups excluding carboxylic acids is 1. The standard InChI is InChI=1S/C13H20N4O3/c1-8-3-4-10(9(2)5-8)14-12(18)7-17-6-11(13(19)20)15-16-17/h6,8-10H,3-5,7H2,1-2H3,(H,14,18)(H,19,20). The molecule has 2 N–H and O–H groups in total. The van der Waals surface area contributed by atoms with E-state index in [0.717, 1.165) is 19.3 Å². The average Bonchev–Trinajstić information content (AvgIpc) is 2.81. The predicted octanol–water partition coefficient (Wildman–Crippen LogP) is 0.917. The molecule has 1 saturated carbocycles. The second-order valence-corrected chi connectivity index (χ2v) is 5.68. The molecule has 1 heterocycles. The smallest absolute Gasteiger partial charge is 0.358 e. The Morgan fingerprint density at radius 2 is 2.20 bits per heavy atom. The average molecular weight is 280 g/mol. The summed E-state index contributed by atoms with van der Waals surface area (Å²) in [6, 6.07) is 0.196. The second kappa shape index (κ2) is 6.02. The van der Waals surface area contributed by atoms with Gasteiger partial charge in [0.15, 0.2) is 5.69 Å². The maximum Gasteiger partial charge on any atom is 0.358 e. The molecule has 1 aromatic rings. The zero-order valence-electron chi connectivity index (χ0n) is 11.7. The minimum Gasteiger partial charge on any atom is -0.476 e. The number of carboxylic acids is 1. The minimum absolute atomic E-state index is 0.000939. The fourth-order valence-corrected chi connectivity index (χ4v) is 2.75. The lowest BCUT2D eigenvalue weighted by molar-refractivity contribution is -0.123. The first kappa shape index (κ1) is 14.5. The van der Waals surface area contributed by atoms with Crippen LogP contribution in [0.1, 0.15) is 43.6 Å². The largest absolute Gasteiger partial charge is 0.476 e. The van der Waals surface area contributed by atoms with Crippen molar-refractivity contribution < 1.29 is 14.7 Å². The quantitative estimate of drug-likeness (QED) is 0.854. The Morgan fingerprint density at radius 3 is 2.80 bits per heavy atom. The van der Waals surface area contributed by atoms with Crippen LogP contribution in [-0.4, -0.2) is 38.0 Å². The van der Waals surface area contributed by atoms with Crippen molar-refractivity contribution in [3.63, 3.8) is 0 Å².